The molecule has 21 heavy (non-hydrogen) atoms. The van der Waals surface area contributed by atoms with Gasteiger partial charge in [0.25, 0.3) is 0 Å². The fraction of sp³-hybridized carbons (Fsp3) is 0.412. The molecule has 1 atom stereocenters. The molecule has 2 aromatic rings. The van der Waals surface area contributed by atoms with Crippen molar-refractivity contribution in [1.82, 2.24) is 0 Å². The van der Waals surface area contributed by atoms with Crippen molar-refractivity contribution < 1.29 is 0 Å². The zero-order valence-electron chi connectivity index (χ0n) is 11.8. The van der Waals surface area contributed by atoms with E-state index in [-0.39, 0.29) is 6.04 Å². The zero-order chi connectivity index (χ0) is 14.8. The van der Waals surface area contributed by atoms with Crippen LogP contribution in [0.15, 0.2) is 37.9 Å². The summed E-state index contributed by atoms with van der Waals surface area (Å²) in [5.74, 6) is 0.756. The standard InChI is InChI=1S/C17H19Br2NS/c18-15-10-14(17(19)21-15)16(20)13-8-6-12(7-9-13)11-4-2-1-3-5-11/h6-11,16H,1-5,20H2. The third-order valence-electron chi connectivity index (χ3n) is 4.39. The lowest BCUT2D eigenvalue weighted by Gasteiger charge is -2.22. The molecule has 1 saturated carbocycles. The summed E-state index contributed by atoms with van der Waals surface area (Å²) < 4.78 is 2.22. The topological polar surface area (TPSA) is 26.0 Å². The van der Waals surface area contributed by atoms with Gasteiger partial charge in [0.1, 0.15) is 0 Å². The minimum Gasteiger partial charge on any atom is -0.320 e. The second-order valence-electron chi connectivity index (χ2n) is 5.76. The van der Waals surface area contributed by atoms with Crippen molar-refractivity contribution in [3.8, 4) is 0 Å². The van der Waals surface area contributed by atoms with Gasteiger partial charge in [-0.25, -0.2) is 0 Å². The quantitative estimate of drug-likeness (QED) is 0.603. The van der Waals surface area contributed by atoms with Crippen molar-refractivity contribution >= 4 is 43.2 Å². The van der Waals surface area contributed by atoms with Crippen molar-refractivity contribution in [3.63, 3.8) is 0 Å². The molecule has 0 saturated heterocycles. The fourth-order valence-corrected chi connectivity index (χ4v) is 6.09. The number of hydrogen-bond donors (Lipinski definition) is 1. The van der Waals surface area contributed by atoms with E-state index in [4.69, 9.17) is 5.73 Å². The Bertz CT molecular complexity index is 600. The van der Waals surface area contributed by atoms with Gasteiger partial charge < -0.3 is 5.73 Å². The van der Waals surface area contributed by atoms with Crippen LogP contribution in [-0.2, 0) is 0 Å². The fourth-order valence-electron chi connectivity index (χ4n) is 3.16. The molecular formula is C17H19Br2NS. The summed E-state index contributed by atoms with van der Waals surface area (Å²) in [7, 11) is 0. The molecule has 1 unspecified atom stereocenters. The van der Waals surface area contributed by atoms with Crippen LogP contribution in [0.25, 0.3) is 0 Å². The highest BCUT2D eigenvalue weighted by Crippen LogP contribution is 2.38. The van der Waals surface area contributed by atoms with E-state index in [9.17, 15) is 0 Å². The summed E-state index contributed by atoms with van der Waals surface area (Å²) in [5.41, 5.74) is 10.2. The van der Waals surface area contributed by atoms with E-state index in [2.05, 4.69) is 62.2 Å². The maximum absolute atomic E-state index is 6.41. The number of halogens is 2. The first-order valence-corrected chi connectivity index (χ1v) is 9.85. The van der Waals surface area contributed by atoms with Crippen LogP contribution in [0.1, 0.15) is 60.8 Å². The molecule has 1 fully saturated rings. The molecule has 112 valence electrons. The maximum atomic E-state index is 6.41. The molecule has 4 heteroatoms. The Morgan fingerprint density at radius 3 is 2.29 bits per heavy atom. The molecule has 0 radical (unpaired) electrons. The van der Waals surface area contributed by atoms with Crippen LogP contribution in [0, 0.1) is 0 Å². The Morgan fingerprint density at radius 2 is 1.71 bits per heavy atom. The lowest BCUT2D eigenvalue weighted by atomic mass is 9.83. The minimum absolute atomic E-state index is 0.0673. The summed E-state index contributed by atoms with van der Waals surface area (Å²) >= 11 is 8.79. The molecule has 1 aromatic heterocycles. The Balaban J connectivity index is 1.78. The van der Waals surface area contributed by atoms with Gasteiger partial charge in [0.2, 0.25) is 0 Å². The highest BCUT2D eigenvalue weighted by Gasteiger charge is 2.18. The molecule has 1 aromatic carbocycles. The van der Waals surface area contributed by atoms with Crippen LogP contribution in [0.5, 0.6) is 0 Å². The summed E-state index contributed by atoms with van der Waals surface area (Å²) in [4.78, 5) is 0. The third kappa shape index (κ3) is 3.61. The van der Waals surface area contributed by atoms with Crippen LogP contribution in [-0.4, -0.2) is 0 Å². The normalized spacial score (nSPS) is 17.9. The van der Waals surface area contributed by atoms with E-state index < -0.39 is 0 Å². The van der Waals surface area contributed by atoms with Gasteiger partial charge in [-0.3, -0.25) is 0 Å². The Labute approximate surface area is 147 Å². The number of rotatable bonds is 3. The maximum Gasteiger partial charge on any atom is 0.0761 e. The van der Waals surface area contributed by atoms with Gasteiger partial charge >= 0.3 is 0 Å². The van der Waals surface area contributed by atoms with Gasteiger partial charge in [-0.05, 0) is 73.4 Å². The molecule has 1 nitrogen and oxygen atoms in total. The smallest absolute Gasteiger partial charge is 0.0761 e. The van der Waals surface area contributed by atoms with Crippen LogP contribution in [0.2, 0.25) is 0 Å². The minimum atomic E-state index is -0.0673. The van der Waals surface area contributed by atoms with Crippen LogP contribution >= 0.6 is 43.2 Å². The lowest BCUT2D eigenvalue weighted by Crippen LogP contribution is -2.12. The van der Waals surface area contributed by atoms with Crippen molar-refractivity contribution in [2.75, 3.05) is 0 Å². The molecule has 0 amide bonds. The van der Waals surface area contributed by atoms with Crippen LogP contribution < -0.4 is 5.73 Å². The van der Waals surface area contributed by atoms with E-state index in [1.165, 1.54) is 43.2 Å². The van der Waals surface area contributed by atoms with Gasteiger partial charge in [0.15, 0.2) is 0 Å². The van der Waals surface area contributed by atoms with Gasteiger partial charge in [0.05, 0.1) is 13.6 Å². The van der Waals surface area contributed by atoms with E-state index in [1.54, 1.807) is 11.3 Å². The number of nitrogens with two attached hydrogens (primary N) is 1. The van der Waals surface area contributed by atoms with E-state index in [0.29, 0.717) is 0 Å². The number of hydrogen-bond acceptors (Lipinski definition) is 2. The molecule has 1 heterocycles. The number of thiophene rings is 1. The molecule has 1 aliphatic carbocycles. The highest BCUT2D eigenvalue weighted by molar-refractivity contribution is 9.12. The average Bonchev–Trinajstić information content (AvgIpc) is 2.86. The predicted octanol–water partition coefficient (Wildman–Crippen LogP) is 6.37. The van der Waals surface area contributed by atoms with Crippen molar-refractivity contribution in [2.45, 2.75) is 44.1 Å². The second-order valence-corrected chi connectivity index (χ2v) is 9.51. The summed E-state index contributed by atoms with van der Waals surface area (Å²) in [5, 5.41) is 0. The van der Waals surface area contributed by atoms with Gasteiger partial charge in [0, 0.05) is 0 Å². The molecule has 3 rings (SSSR count). The molecule has 0 bridgehead atoms. The monoisotopic (exact) mass is 427 g/mol. The third-order valence-corrected chi connectivity index (χ3v) is 6.78. The summed E-state index contributed by atoms with van der Waals surface area (Å²) in [6, 6.07) is 11.0. The average molecular weight is 429 g/mol. The summed E-state index contributed by atoms with van der Waals surface area (Å²) in [6.07, 6.45) is 6.84. The van der Waals surface area contributed by atoms with Crippen LogP contribution in [0.3, 0.4) is 0 Å². The lowest BCUT2D eigenvalue weighted by molar-refractivity contribution is 0.443. The molecule has 2 N–H and O–H groups in total. The first-order chi connectivity index (χ1) is 10.1. The van der Waals surface area contributed by atoms with E-state index in [0.717, 1.165) is 19.1 Å². The predicted molar refractivity (Wildman–Crippen MR) is 98.0 cm³/mol. The number of benzene rings is 1. The van der Waals surface area contributed by atoms with Gasteiger partial charge in [-0.15, -0.1) is 11.3 Å². The van der Waals surface area contributed by atoms with Crippen molar-refractivity contribution in [3.05, 3.63) is 54.6 Å². The Morgan fingerprint density at radius 1 is 1.05 bits per heavy atom. The Hall–Kier alpha value is -0.160. The van der Waals surface area contributed by atoms with E-state index in [1.807, 2.05) is 0 Å². The first-order valence-electron chi connectivity index (χ1n) is 7.45. The van der Waals surface area contributed by atoms with Crippen LogP contribution in [0.4, 0.5) is 0 Å². The zero-order valence-corrected chi connectivity index (χ0v) is 15.8. The Kier molecular flexibility index (Phi) is 5.20. The molecule has 0 aliphatic heterocycles. The molecule has 0 spiro atoms. The van der Waals surface area contributed by atoms with E-state index >= 15 is 0 Å². The van der Waals surface area contributed by atoms with Gasteiger partial charge in [-0.1, -0.05) is 43.5 Å². The molecule has 1 aliphatic rings. The largest absolute Gasteiger partial charge is 0.320 e. The molecular weight excluding hydrogens is 410 g/mol. The van der Waals surface area contributed by atoms with Gasteiger partial charge in [-0.2, -0.15) is 0 Å². The second kappa shape index (κ2) is 6.95. The SMILES string of the molecule is NC(c1ccc(C2CCCCC2)cc1)c1cc(Br)sc1Br. The first kappa shape index (κ1) is 15.7. The van der Waals surface area contributed by atoms with Crippen molar-refractivity contribution in [1.29, 1.82) is 0 Å². The van der Waals surface area contributed by atoms with Crippen molar-refractivity contribution in [2.24, 2.45) is 5.73 Å². The highest BCUT2D eigenvalue weighted by atomic mass is 79.9. The summed E-state index contributed by atoms with van der Waals surface area (Å²) in [6.45, 7) is 0.